The number of benzene rings is 1. The predicted octanol–water partition coefficient (Wildman–Crippen LogP) is 3.19. The Bertz CT molecular complexity index is 466. The van der Waals surface area contributed by atoms with Crippen molar-refractivity contribution >= 4 is 16.6 Å². The van der Waals surface area contributed by atoms with Crippen LogP contribution in [0.1, 0.15) is 43.6 Å². The number of carbonyl (C=O) groups excluding carboxylic acids is 1. The number of ether oxygens (including phenoxy) is 1. The zero-order valence-electron chi connectivity index (χ0n) is 12.1. The van der Waals surface area contributed by atoms with Gasteiger partial charge in [-0.15, -0.1) is 0 Å². The summed E-state index contributed by atoms with van der Waals surface area (Å²) >= 11 is 0. The van der Waals surface area contributed by atoms with E-state index in [0.29, 0.717) is 29.6 Å². The molecule has 1 aromatic rings. The summed E-state index contributed by atoms with van der Waals surface area (Å²) in [6, 6.07) is 5.34. The zero-order valence-corrected chi connectivity index (χ0v) is 12.9. The molecule has 4 heteroatoms. The molecule has 0 amide bonds. The highest BCUT2D eigenvalue weighted by Crippen LogP contribution is 2.22. The van der Waals surface area contributed by atoms with Crippen LogP contribution < -0.4 is 4.74 Å². The molecule has 106 valence electrons. The Kier molecular flexibility index (Phi) is 6.22. The lowest BCUT2D eigenvalue weighted by molar-refractivity contribution is 0.101. The van der Waals surface area contributed by atoms with E-state index >= 15 is 0 Å². The average Bonchev–Trinajstić information content (AvgIpc) is 2.30. The van der Waals surface area contributed by atoms with E-state index in [1.54, 1.807) is 18.2 Å². The van der Waals surface area contributed by atoms with Gasteiger partial charge >= 0.3 is 0 Å². The normalized spacial score (nSPS) is 12.5. The fraction of sp³-hybridized carbons (Fsp3) is 0.533. The molecular formula is C15H22O3S. The van der Waals surface area contributed by atoms with Crippen molar-refractivity contribution in [3.63, 3.8) is 0 Å². The van der Waals surface area contributed by atoms with Crippen LogP contribution in [0.15, 0.2) is 18.2 Å². The van der Waals surface area contributed by atoms with Gasteiger partial charge in [0.25, 0.3) is 0 Å². The Morgan fingerprint density at radius 3 is 2.58 bits per heavy atom. The van der Waals surface area contributed by atoms with Gasteiger partial charge in [0.1, 0.15) is 5.75 Å². The third kappa shape index (κ3) is 5.15. The Balaban J connectivity index is 2.96. The first kappa shape index (κ1) is 15.9. The number of hydrogen-bond donors (Lipinski definition) is 0. The van der Waals surface area contributed by atoms with Crippen LogP contribution in [0.3, 0.4) is 0 Å². The summed E-state index contributed by atoms with van der Waals surface area (Å²) in [5.74, 6) is 2.24. The fourth-order valence-corrected chi connectivity index (χ4v) is 3.25. The van der Waals surface area contributed by atoms with Gasteiger partial charge in [-0.1, -0.05) is 13.8 Å². The summed E-state index contributed by atoms with van der Waals surface area (Å²) in [7, 11) is -0.928. The minimum atomic E-state index is -0.928. The number of ketones is 1. The molecule has 19 heavy (non-hydrogen) atoms. The molecule has 0 aliphatic heterocycles. The monoisotopic (exact) mass is 282 g/mol. The van der Waals surface area contributed by atoms with E-state index < -0.39 is 10.8 Å². The molecule has 1 unspecified atom stereocenters. The molecule has 1 rings (SSSR count). The van der Waals surface area contributed by atoms with E-state index in [-0.39, 0.29) is 5.78 Å². The zero-order chi connectivity index (χ0) is 14.4. The van der Waals surface area contributed by atoms with Crippen LogP contribution in [-0.2, 0) is 16.6 Å². The maximum Gasteiger partial charge on any atom is 0.159 e. The largest absolute Gasteiger partial charge is 0.494 e. The molecule has 0 heterocycles. The summed E-state index contributed by atoms with van der Waals surface area (Å²) in [5.41, 5.74) is 1.49. The highest BCUT2D eigenvalue weighted by molar-refractivity contribution is 7.84. The summed E-state index contributed by atoms with van der Waals surface area (Å²) in [6.45, 7) is 8.10. The summed E-state index contributed by atoms with van der Waals surface area (Å²) < 4.78 is 17.6. The van der Waals surface area contributed by atoms with Gasteiger partial charge in [-0.2, -0.15) is 0 Å². The quantitative estimate of drug-likeness (QED) is 0.721. The molecule has 0 saturated carbocycles. The van der Waals surface area contributed by atoms with Crippen LogP contribution in [0, 0.1) is 5.92 Å². The first-order valence-corrected chi connectivity index (χ1v) is 8.04. The average molecular weight is 282 g/mol. The molecule has 1 aromatic carbocycles. The fourth-order valence-electron chi connectivity index (χ4n) is 1.81. The molecular weight excluding hydrogens is 260 g/mol. The topological polar surface area (TPSA) is 43.4 Å². The molecule has 0 aromatic heterocycles. The number of hydrogen-bond acceptors (Lipinski definition) is 3. The maximum absolute atomic E-state index is 12.0. The van der Waals surface area contributed by atoms with Gasteiger partial charge in [-0.3, -0.25) is 9.00 Å². The van der Waals surface area contributed by atoms with Gasteiger partial charge in [-0.05, 0) is 38.0 Å². The number of Topliss-reactive ketones (excluding diaryl/α,β-unsaturated/α-hetero) is 1. The molecule has 0 aliphatic carbocycles. The highest BCUT2D eigenvalue weighted by Gasteiger charge is 2.12. The molecule has 0 radical (unpaired) electrons. The van der Waals surface area contributed by atoms with Crippen molar-refractivity contribution < 1.29 is 13.7 Å². The minimum Gasteiger partial charge on any atom is -0.494 e. The third-order valence-corrected chi connectivity index (χ3v) is 4.27. The van der Waals surface area contributed by atoms with Crippen LogP contribution in [0.25, 0.3) is 0 Å². The van der Waals surface area contributed by atoms with Crippen LogP contribution in [-0.4, -0.2) is 22.4 Å². The van der Waals surface area contributed by atoms with E-state index in [1.807, 2.05) is 20.8 Å². The SMILES string of the molecule is CCOc1ccc(C(C)=O)cc1CS(=O)CC(C)C. The first-order chi connectivity index (χ1) is 8.93. The van der Waals surface area contributed by atoms with E-state index in [4.69, 9.17) is 4.74 Å². The summed E-state index contributed by atoms with van der Waals surface area (Å²) in [6.07, 6.45) is 0. The molecule has 0 N–H and O–H groups in total. The second-order valence-electron chi connectivity index (χ2n) is 4.96. The van der Waals surface area contributed by atoms with Crippen LogP contribution in [0.4, 0.5) is 0 Å². The molecule has 0 spiro atoms. The van der Waals surface area contributed by atoms with Gasteiger partial charge in [0.05, 0.1) is 12.4 Å². The van der Waals surface area contributed by atoms with Gasteiger partial charge < -0.3 is 4.74 Å². The van der Waals surface area contributed by atoms with Gasteiger partial charge in [0.2, 0.25) is 0 Å². The van der Waals surface area contributed by atoms with E-state index in [9.17, 15) is 9.00 Å². The smallest absolute Gasteiger partial charge is 0.159 e. The lowest BCUT2D eigenvalue weighted by Crippen LogP contribution is -2.09. The molecule has 0 saturated heterocycles. The van der Waals surface area contributed by atoms with Crippen molar-refractivity contribution in [2.24, 2.45) is 5.92 Å². The lowest BCUT2D eigenvalue weighted by Gasteiger charge is -2.12. The lowest BCUT2D eigenvalue weighted by atomic mass is 10.1. The maximum atomic E-state index is 12.0. The second-order valence-corrected chi connectivity index (χ2v) is 6.46. The Morgan fingerprint density at radius 2 is 2.05 bits per heavy atom. The third-order valence-electron chi connectivity index (χ3n) is 2.60. The van der Waals surface area contributed by atoms with Crippen molar-refractivity contribution in [1.29, 1.82) is 0 Å². The Hall–Kier alpha value is -1.16. The summed E-state index contributed by atoms with van der Waals surface area (Å²) in [4.78, 5) is 11.4. The van der Waals surface area contributed by atoms with Crippen molar-refractivity contribution in [1.82, 2.24) is 0 Å². The molecule has 3 nitrogen and oxygen atoms in total. The standard InChI is InChI=1S/C15H22O3S/c1-5-18-15-7-6-13(12(4)16)8-14(15)10-19(17)9-11(2)3/h6-8,11H,5,9-10H2,1-4H3. The van der Waals surface area contributed by atoms with E-state index in [0.717, 1.165) is 11.3 Å². The van der Waals surface area contributed by atoms with E-state index in [2.05, 4.69) is 0 Å². The van der Waals surface area contributed by atoms with Gasteiger partial charge in [0, 0.05) is 27.7 Å². The van der Waals surface area contributed by atoms with E-state index in [1.165, 1.54) is 6.92 Å². The Labute approximate surface area is 117 Å². The molecule has 0 fully saturated rings. The Morgan fingerprint density at radius 1 is 1.37 bits per heavy atom. The predicted molar refractivity (Wildman–Crippen MR) is 79.2 cm³/mol. The second kappa shape index (κ2) is 7.43. The van der Waals surface area contributed by atoms with Crippen LogP contribution in [0.2, 0.25) is 0 Å². The molecule has 0 bridgehead atoms. The minimum absolute atomic E-state index is 0.0129. The van der Waals surface area contributed by atoms with Crippen LogP contribution in [0.5, 0.6) is 5.75 Å². The highest BCUT2D eigenvalue weighted by atomic mass is 32.2. The summed E-state index contributed by atoms with van der Waals surface area (Å²) in [5, 5.41) is 0. The van der Waals surface area contributed by atoms with Gasteiger partial charge in [0.15, 0.2) is 5.78 Å². The van der Waals surface area contributed by atoms with Crippen molar-refractivity contribution in [3.05, 3.63) is 29.3 Å². The number of carbonyl (C=O) groups is 1. The van der Waals surface area contributed by atoms with Crippen molar-refractivity contribution in [2.75, 3.05) is 12.4 Å². The first-order valence-electron chi connectivity index (χ1n) is 6.55. The number of rotatable bonds is 7. The van der Waals surface area contributed by atoms with Crippen LogP contribution >= 0.6 is 0 Å². The van der Waals surface area contributed by atoms with Crippen molar-refractivity contribution in [2.45, 2.75) is 33.4 Å². The van der Waals surface area contributed by atoms with Gasteiger partial charge in [-0.25, -0.2) is 0 Å². The molecule has 1 atom stereocenters. The van der Waals surface area contributed by atoms with Crippen molar-refractivity contribution in [3.8, 4) is 5.75 Å². The molecule has 0 aliphatic rings.